The van der Waals surface area contributed by atoms with Gasteiger partial charge in [-0.25, -0.2) is 13.4 Å². The fraction of sp³-hybridized carbons (Fsp3) is 0.308. The minimum atomic E-state index is -3.48. The van der Waals surface area contributed by atoms with Gasteiger partial charge in [0.2, 0.25) is 0 Å². The average molecular weight is 277 g/mol. The van der Waals surface area contributed by atoms with Gasteiger partial charge in [0, 0.05) is 12.6 Å². The fourth-order valence-electron chi connectivity index (χ4n) is 2.05. The van der Waals surface area contributed by atoms with Crippen molar-refractivity contribution in [2.75, 3.05) is 0 Å². The SMILES string of the molecule is O=S(=O)(c1cnc[nH]1)N(Cc1ccccc1)C1CC1. The summed E-state index contributed by atoms with van der Waals surface area (Å²) in [6, 6.07) is 9.77. The Morgan fingerprint density at radius 3 is 2.58 bits per heavy atom. The third-order valence-electron chi connectivity index (χ3n) is 3.20. The van der Waals surface area contributed by atoms with Crippen molar-refractivity contribution in [3.63, 3.8) is 0 Å². The first-order chi connectivity index (χ1) is 9.18. The molecular formula is C13H15N3O2S. The molecule has 6 heteroatoms. The number of hydrogen-bond donors (Lipinski definition) is 1. The monoisotopic (exact) mass is 277 g/mol. The summed E-state index contributed by atoms with van der Waals surface area (Å²) in [5, 5.41) is 0.162. The Hall–Kier alpha value is -1.66. The molecule has 1 aromatic carbocycles. The summed E-state index contributed by atoms with van der Waals surface area (Å²) in [4.78, 5) is 6.48. The number of nitrogens with zero attached hydrogens (tertiary/aromatic N) is 2. The van der Waals surface area contributed by atoms with Crippen LogP contribution in [0.4, 0.5) is 0 Å². The smallest absolute Gasteiger partial charge is 0.260 e. The molecular weight excluding hydrogens is 262 g/mol. The highest BCUT2D eigenvalue weighted by atomic mass is 32.2. The van der Waals surface area contributed by atoms with Crippen molar-refractivity contribution in [3.8, 4) is 0 Å². The van der Waals surface area contributed by atoms with Gasteiger partial charge in [-0.2, -0.15) is 4.31 Å². The highest BCUT2D eigenvalue weighted by molar-refractivity contribution is 7.89. The van der Waals surface area contributed by atoms with Crippen LogP contribution < -0.4 is 0 Å². The minimum absolute atomic E-state index is 0.119. The first kappa shape index (κ1) is 12.4. The van der Waals surface area contributed by atoms with E-state index in [4.69, 9.17) is 0 Å². The van der Waals surface area contributed by atoms with E-state index in [0.717, 1.165) is 18.4 Å². The number of sulfonamides is 1. The molecule has 1 saturated carbocycles. The molecule has 0 radical (unpaired) electrons. The van der Waals surface area contributed by atoms with Crippen LogP contribution in [0.1, 0.15) is 18.4 Å². The standard InChI is InChI=1S/C13H15N3O2S/c17-19(18,13-8-14-10-15-13)16(12-6-7-12)9-11-4-2-1-3-5-11/h1-5,8,10,12H,6-7,9H2,(H,14,15). The lowest BCUT2D eigenvalue weighted by molar-refractivity contribution is 0.397. The normalized spacial score (nSPS) is 15.8. The molecule has 0 amide bonds. The van der Waals surface area contributed by atoms with Gasteiger partial charge >= 0.3 is 0 Å². The van der Waals surface area contributed by atoms with Crippen LogP contribution in [0.15, 0.2) is 47.9 Å². The maximum absolute atomic E-state index is 12.5. The van der Waals surface area contributed by atoms with E-state index in [1.807, 2.05) is 30.3 Å². The molecule has 3 rings (SSSR count). The molecule has 1 aliphatic rings. The largest absolute Gasteiger partial charge is 0.335 e. The van der Waals surface area contributed by atoms with Gasteiger partial charge in [-0.3, -0.25) is 0 Å². The summed E-state index contributed by atoms with van der Waals surface area (Å²) in [5.74, 6) is 0. The van der Waals surface area contributed by atoms with Crippen LogP contribution in [0.2, 0.25) is 0 Å². The van der Waals surface area contributed by atoms with Crippen molar-refractivity contribution < 1.29 is 8.42 Å². The molecule has 0 unspecified atom stereocenters. The van der Waals surface area contributed by atoms with Crippen LogP contribution in [0.5, 0.6) is 0 Å². The van der Waals surface area contributed by atoms with Crippen LogP contribution in [0, 0.1) is 0 Å². The number of imidazole rings is 1. The molecule has 1 fully saturated rings. The van der Waals surface area contributed by atoms with Gasteiger partial charge in [0.05, 0.1) is 12.5 Å². The molecule has 100 valence electrons. The molecule has 0 bridgehead atoms. The van der Waals surface area contributed by atoms with Gasteiger partial charge in [0.25, 0.3) is 10.0 Å². The summed E-state index contributed by atoms with van der Waals surface area (Å²) in [6.45, 7) is 0.410. The number of rotatable bonds is 5. The van der Waals surface area contributed by atoms with Gasteiger partial charge in [0.15, 0.2) is 5.03 Å². The zero-order valence-electron chi connectivity index (χ0n) is 10.4. The van der Waals surface area contributed by atoms with Crippen molar-refractivity contribution in [1.29, 1.82) is 0 Å². The second-order valence-electron chi connectivity index (χ2n) is 4.68. The molecule has 0 aliphatic heterocycles. The maximum atomic E-state index is 12.5. The lowest BCUT2D eigenvalue weighted by atomic mass is 10.2. The predicted octanol–water partition coefficient (Wildman–Crippen LogP) is 1.76. The second kappa shape index (κ2) is 4.79. The van der Waals surface area contributed by atoms with Crippen LogP contribution in [0.25, 0.3) is 0 Å². The van der Waals surface area contributed by atoms with Crippen LogP contribution in [0.3, 0.4) is 0 Å². The Balaban J connectivity index is 1.90. The van der Waals surface area contributed by atoms with Gasteiger partial charge < -0.3 is 4.98 Å². The van der Waals surface area contributed by atoms with E-state index in [2.05, 4.69) is 9.97 Å². The zero-order valence-corrected chi connectivity index (χ0v) is 11.2. The molecule has 1 heterocycles. The van der Waals surface area contributed by atoms with Crippen molar-refractivity contribution in [3.05, 3.63) is 48.4 Å². The van der Waals surface area contributed by atoms with E-state index in [-0.39, 0.29) is 11.1 Å². The molecule has 1 aromatic heterocycles. The van der Waals surface area contributed by atoms with Crippen LogP contribution in [-0.4, -0.2) is 28.7 Å². The van der Waals surface area contributed by atoms with Crippen LogP contribution in [-0.2, 0) is 16.6 Å². The Morgan fingerprint density at radius 2 is 2.00 bits per heavy atom. The van der Waals surface area contributed by atoms with Crippen molar-refractivity contribution in [2.45, 2.75) is 30.5 Å². The maximum Gasteiger partial charge on any atom is 0.260 e. The quantitative estimate of drug-likeness (QED) is 0.905. The zero-order chi connectivity index (χ0) is 13.3. The highest BCUT2D eigenvalue weighted by Gasteiger charge is 2.38. The lowest BCUT2D eigenvalue weighted by Gasteiger charge is -2.20. The summed E-state index contributed by atoms with van der Waals surface area (Å²) in [7, 11) is -3.48. The number of aromatic nitrogens is 2. The third-order valence-corrected chi connectivity index (χ3v) is 5.02. The van der Waals surface area contributed by atoms with Crippen molar-refractivity contribution in [2.24, 2.45) is 0 Å². The Bertz CT molecular complexity index is 634. The van der Waals surface area contributed by atoms with E-state index in [1.54, 1.807) is 4.31 Å². The van der Waals surface area contributed by atoms with E-state index >= 15 is 0 Å². The Labute approximate surface area is 112 Å². The van der Waals surface area contributed by atoms with Gasteiger partial charge in [0.1, 0.15) is 0 Å². The fourth-order valence-corrected chi connectivity index (χ4v) is 3.62. The number of hydrogen-bond acceptors (Lipinski definition) is 3. The summed E-state index contributed by atoms with van der Waals surface area (Å²) >= 11 is 0. The summed E-state index contributed by atoms with van der Waals surface area (Å²) in [5.41, 5.74) is 0.998. The molecule has 5 nitrogen and oxygen atoms in total. The summed E-state index contributed by atoms with van der Waals surface area (Å²) < 4.78 is 26.6. The van der Waals surface area contributed by atoms with Crippen molar-refractivity contribution >= 4 is 10.0 Å². The predicted molar refractivity (Wildman–Crippen MR) is 70.8 cm³/mol. The third kappa shape index (κ3) is 2.54. The minimum Gasteiger partial charge on any atom is -0.335 e. The number of benzene rings is 1. The molecule has 1 aliphatic carbocycles. The van der Waals surface area contributed by atoms with Gasteiger partial charge in [-0.15, -0.1) is 0 Å². The topological polar surface area (TPSA) is 66.1 Å². The highest BCUT2D eigenvalue weighted by Crippen LogP contribution is 2.32. The number of aromatic amines is 1. The molecule has 19 heavy (non-hydrogen) atoms. The van der Waals surface area contributed by atoms with Crippen LogP contribution >= 0.6 is 0 Å². The first-order valence-corrected chi connectivity index (χ1v) is 7.66. The Kier molecular flexibility index (Phi) is 3.12. The number of H-pyrrole nitrogens is 1. The molecule has 0 atom stereocenters. The molecule has 0 spiro atoms. The van der Waals surface area contributed by atoms with E-state index in [1.165, 1.54) is 12.5 Å². The lowest BCUT2D eigenvalue weighted by Crippen LogP contribution is -2.32. The first-order valence-electron chi connectivity index (χ1n) is 6.22. The van der Waals surface area contributed by atoms with Gasteiger partial charge in [-0.05, 0) is 18.4 Å². The van der Waals surface area contributed by atoms with Gasteiger partial charge in [-0.1, -0.05) is 30.3 Å². The van der Waals surface area contributed by atoms with E-state index < -0.39 is 10.0 Å². The second-order valence-corrected chi connectivity index (χ2v) is 6.54. The van der Waals surface area contributed by atoms with E-state index in [0.29, 0.717) is 6.54 Å². The number of nitrogens with one attached hydrogen (secondary N) is 1. The van der Waals surface area contributed by atoms with E-state index in [9.17, 15) is 8.42 Å². The molecule has 2 aromatic rings. The summed E-state index contributed by atoms with van der Waals surface area (Å²) in [6.07, 6.45) is 4.61. The Morgan fingerprint density at radius 1 is 1.26 bits per heavy atom. The molecule has 1 N–H and O–H groups in total. The average Bonchev–Trinajstić information content (AvgIpc) is 3.09. The van der Waals surface area contributed by atoms with Crippen molar-refractivity contribution in [1.82, 2.24) is 14.3 Å². The molecule has 0 saturated heterocycles.